The lowest BCUT2D eigenvalue weighted by Gasteiger charge is -2.19. The summed E-state index contributed by atoms with van der Waals surface area (Å²) in [5.74, 6) is -0.0870. The van der Waals surface area contributed by atoms with Crippen molar-refractivity contribution in [3.63, 3.8) is 0 Å². The van der Waals surface area contributed by atoms with Gasteiger partial charge in [0.15, 0.2) is 6.23 Å². The van der Waals surface area contributed by atoms with Crippen molar-refractivity contribution in [3.8, 4) is 11.3 Å². The fourth-order valence-corrected chi connectivity index (χ4v) is 3.33. The summed E-state index contributed by atoms with van der Waals surface area (Å²) in [6.07, 6.45) is 0.796. The highest BCUT2D eigenvalue weighted by Gasteiger charge is 2.29. The first-order chi connectivity index (χ1) is 13.9. The average molecular weight is 409 g/mol. The molecule has 0 saturated carbocycles. The summed E-state index contributed by atoms with van der Waals surface area (Å²) < 4.78 is 5.85. The number of hydrogen-bond acceptors (Lipinski definition) is 5. The summed E-state index contributed by atoms with van der Waals surface area (Å²) in [4.78, 5) is 11.3. The van der Waals surface area contributed by atoms with Gasteiger partial charge in [-0.1, -0.05) is 29.8 Å². The summed E-state index contributed by atoms with van der Waals surface area (Å²) in [5.41, 5.74) is 2.69. The van der Waals surface area contributed by atoms with Crippen LogP contribution in [-0.2, 0) is 0 Å². The lowest BCUT2D eigenvalue weighted by Crippen LogP contribution is -2.27. The van der Waals surface area contributed by atoms with Crippen molar-refractivity contribution in [3.05, 3.63) is 82.6 Å². The van der Waals surface area contributed by atoms with Crippen LogP contribution in [0, 0.1) is 0 Å². The van der Waals surface area contributed by atoms with E-state index in [1.807, 2.05) is 37.3 Å². The van der Waals surface area contributed by atoms with Crippen molar-refractivity contribution < 1.29 is 19.4 Å². The van der Waals surface area contributed by atoms with Crippen molar-refractivity contribution >= 4 is 35.0 Å². The number of carbonyl (C=O) groups is 1. The van der Waals surface area contributed by atoms with Gasteiger partial charge in [0.05, 0.1) is 22.0 Å². The first kappa shape index (κ1) is 19.0. The molecule has 29 heavy (non-hydrogen) atoms. The van der Waals surface area contributed by atoms with Crippen molar-refractivity contribution in [2.45, 2.75) is 13.2 Å². The van der Waals surface area contributed by atoms with Gasteiger partial charge in [-0.25, -0.2) is 9.80 Å². The molecule has 0 saturated heterocycles. The molecule has 0 bridgehead atoms. The standard InChI is InChI=1S/C22H17ClN2O4/c1-13-17(21(26)25(24-13)15-5-3-2-4-6-15)12-16-8-10-20(29-16)14-7-9-19(23)18(11-14)22(27)28/h2-12,21,26H,1H3,(H,27,28)/b17-12-. The molecule has 2 aromatic carbocycles. The largest absolute Gasteiger partial charge is 0.478 e. The Morgan fingerprint density at radius 1 is 1.17 bits per heavy atom. The molecule has 1 aliphatic heterocycles. The summed E-state index contributed by atoms with van der Waals surface area (Å²) in [6, 6.07) is 17.6. The van der Waals surface area contributed by atoms with Crippen LogP contribution >= 0.6 is 11.6 Å². The normalized spacial score (nSPS) is 17.6. The minimum absolute atomic E-state index is 0.00756. The molecule has 0 radical (unpaired) electrons. The Hall–Kier alpha value is -3.35. The number of aromatic carboxylic acids is 1. The zero-order valence-electron chi connectivity index (χ0n) is 15.4. The number of hydrazone groups is 1. The molecule has 4 rings (SSSR count). The van der Waals surface area contributed by atoms with Crippen LogP contribution < -0.4 is 5.01 Å². The van der Waals surface area contributed by atoms with Gasteiger partial charge in [-0.2, -0.15) is 5.10 Å². The molecule has 2 heterocycles. The number of nitrogens with zero attached hydrogens (tertiary/aromatic N) is 2. The molecule has 0 aliphatic carbocycles. The number of anilines is 1. The molecule has 2 N–H and O–H groups in total. The minimum atomic E-state index is -1.10. The van der Waals surface area contributed by atoms with E-state index in [1.165, 1.54) is 12.1 Å². The number of carboxylic acids is 1. The second-order valence-electron chi connectivity index (χ2n) is 6.54. The van der Waals surface area contributed by atoms with Crippen LogP contribution in [0.3, 0.4) is 0 Å². The van der Waals surface area contributed by atoms with Gasteiger partial charge in [-0.3, -0.25) is 0 Å². The fourth-order valence-electron chi connectivity index (χ4n) is 3.13. The van der Waals surface area contributed by atoms with E-state index >= 15 is 0 Å². The van der Waals surface area contributed by atoms with E-state index in [-0.39, 0.29) is 10.6 Å². The molecule has 3 aromatic rings. The molecule has 146 valence electrons. The number of carboxylic acid groups (broad SMARTS) is 1. The van der Waals surface area contributed by atoms with Gasteiger partial charge >= 0.3 is 5.97 Å². The number of furan rings is 1. The van der Waals surface area contributed by atoms with Gasteiger partial charge in [-0.05, 0) is 55.5 Å². The topological polar surface area (TPSA) is 86.3 Å². The van der Waals surface area contributed by atoms with Crippen LogP contribution in [0.1, 0.15) is 23.0 Å². The Bertz CT molecular complexity index is 1130. The maximum atomic E-state index is 11.3. The Labute approximate surface area is 172 Å². The highest BCUT2D eigenvalue weighted by atomic mass is 35.5. The Morgan fingerprint density at radius 2 is 1.93 bits per heavy atom. The smallest absolute Gasteiger partial charge is 0.337 e. The SMILES string of the molecule is CC1=NN(c2ccccc2)C(O)/C1=C\c1ccc(-c2ccc(Cl)c(C(=O)O)c2)o1. The third-order valence-corrected chi connectivity index (χ3v) is 4.94. The van der Waals surface area contributed by atoms with Gasteiger partial charge < -0.3 is 14.6 Å². The molecule has 0 fully saturated rings. The summed E-state index contributed by atoms with van der Waals surface area (Å²) >= 11 is 5.93. The lowest BCUT2D eigenvalue weighted by molar-refractivity contribution is 0.0697. The fraction of sp³-hybridized carbons (Fsp3) is 0.0909. The highest BCUT2D eigenvalue weighted by Crippen LogP contribution is 2.30. The molecule has 1 atom stereocenters. The maximum Gasteiger partial charge on any atom is 0.337 e. The molecule has 0 spiro atoms. The maximum absolute atomic E-state index is 11.3. The number of aliphatic hydroxyl groups is 1. The predicted octanol–water partition coefficient (Wildman–Crippen LogP) is 4.90. The molecular formula is C22H17ClN2O4. The monoisotopic (exact) mass is 408 g/mol. The third kappa shape index (κ3) is 3.68. The van der Waals surface area contributed by atoms with Crippen LogP contribution in [0.15, 0.2) is 75.8 Å². The van der Waals surface area contributed by atoms with E-state index in [4.69, 9.17) is 16.0 Å². The van der Waals surface area contributed by atoms with Crippen LogP contribution in [0.25, 0.3) is 17.4 Å². The van der Waals surface area contributed by atoms with E-state index in [1.54, 1.807) is 29.3 Å². The summed E-state index contributed by atoms with van der Waals surface area (Å²) in [6.45, 7) is 1.82. The third-order valence-electron chi connectivity index (χ3n) is 4.61. The van der Waals surface area contributed by atoms with E-state index in [0.29, 0.717) is 28.4 Å². The number of halogens is 1. The van der Waals surface area contributed by atoms with Crippen LogP contribution in [-0.4, -0.2) is 28.1 Å². The summed E-state index contributed by atoms with van der Waals surface area (Å²) in [5, 5.41) is 26.1. The number of hydrogen-bond donors (Lipinski definition) is 2. The quantitative estimate of drug-likeness (QED) is 0.641. The van der Waals surface area contributed by atoms with Gasteiger partial charge in [0, 0.05) is 11.1 Å². The Morgan fingerprint density at radius 3 is 2.66 bits per heavy atom. The highest BCUT2D eigenvalue weighted by molar-refractivity contribution is 6.33. The van der Waals surface area contributed by atoms with Crippen LogP contribution in [0.2, 0.25) is 5.02 Å². The van der Waals surface area contributed by atoms with Gasteiger partial charge in [0.1, 0.15) is 11.5 Å². The Kier molecular flexibility index (Phi) is 4.96. The number of aliphatic hydroxyl groups excluding tert-OH is 1. The predicted molar refractivity (Wildman–Crippen MR) is 112 cm³/mol. The average Bonchev–Trinajstić information content (AvgIpc) is 3.29. The molecule has 6 nitrogen and oxygen atoms in total. The molecule has 0 amide bonds. The molecule has 1 aromatic heterocycles. The van der Waals surface area contributed by atoms with E-state index in [2.05, 4.69) is 5.10 Å². The van der Waals surface area contributed by atoms with Crippen molar-refractivity contribution in [2.75, 3.05) is 5.01 Å². The Balaban J connectivity index is 1.62. The van der Waals surface area contributed by atoms with Gasteiger partial charge in [-0.15, -0.1) is 0 Å². The van der Waals surface area contributed by atoms with Crippen LogP contribution in [0.4, 0.5) is 5.69 Å². The summed E-state index contributed by atoms with van der Waals surface area (Å²) in [7, 11) is 0. The number of benzene rings is 2. The second-order valence-corrected chi connectivity index (χ2v) is 6.95. The molecule has 1 aliphatic rings. The van der Waals surface area contributed by atoms with Crippen molar-refractivity contribution in [1.29, 1.82) is 0 Å². The van der Waals surface area contributed by atoms with Crippen molar-refractivity contribution in [2.24, 2.45) is 5.10 Å². The molecule has 7 heteroatoms. The van der Waals surface area contributed by atoms with E-state index in [9.17, 15) is 15.0 Å². The second kappa shape index (κ2) is 7.58. The van der Waals surface area contributed by atoms with Crippen LogP contribution in [0.5, 0.6) is 0 Å². The lowest BCUT2D eigenvalue weighted by atomic mass is 10.1. The zero-order valence-corrected chi connectivity index (χ0v) is 16.2. The first-order valence-electron chi connectivity index (χ1n) is 8.86. The first-order valence-corrected chi connectivity index (χ1v) is 9.24. The van der Waals surface area contributed by atoms with E-state index < -0.39 is 12.2 Å². The molecule has 1 unspecified atom stereocenters. The van der Waals surface area contributed by atoms with E-state index in [0.717, 1.165) is 5.69 Å². The minimum Gasteiger partial charge on any atom is -0.478 e. The van der Waals surface area contributed by atoms with Crippen molar-refractivity contribution in [1.82, 2.24) is 0 Å². The van der Waals surface area contributed by atoms with Gasteiger partial charge in [0.2, 0.25) is 0 Å². The zero-order chi connectivity index (χ0) is 20.5. The molecular weight excluding hydrogens is 392 g/mol. The van der Waals surface area contributed by atoms with Gasteiger partial charge in [0.25, 0.3) is 0 Å². The number of para-hydroxylation sites is 1. The number of rotatable bonds is 4.